The number of methoxy groups -OCH3 is 1. The number of esters is 1. The van der Waals surface area contributed by atoms with Crippen molar-refractivity contribution in [1.29, 1.82) is 0 Å². The molecular weight excluding hydrogens is 675 g/mol. The van der Waals surface area contributed by atoms with Gasteiger partial charge in [-0.2, -0.15) is 0 Å². The third kappa shape index (κ3) is 21.5. The second kappa shape index (κ2) is 30.6. The number of hydrogen-bond donors (Lipinski definition) is 1. The predicted molar refractivity (Wildman–Crippen MR) is 224 cm³/mol. The summed E-state index contributed by atoms with van der Waals surface area (Å²) < 4.78 is 10.9. The molecule has 310 valence electrons. The van der Waals surface area contributed by atoms with Crippen LogP contribution in [0, 0.1) is 11.8 Å². The second-order valence-corrected chi connectivity index (χ2v) is 16.1. The number of carbonyl (C=O) groups is 3. The van der Waals surface area contributed by atoms with Gasteiger partial charge in [-0.15, -0.1) is 0 Å². The van der Waals surface area contributed by atoms with Crippen molar-refractivity contribution in [3.8, 4) is 5.75 Å². The molecule has 1 aromatic carbocycles. The molecule has 1 N–H and O–H groups in total. The Morgan fingerprint density at radius 3 is 2.02 bits per heavy atom. The van der Waals surface area contributed by atoms with E-state index >= 15 is 0 Å². The number of hydrogen-bond acceptors (Lipinski definition) is 6. The van der Waals surface area contributed by atoms with Crippen LogP contribution in [0.2, 0.25) is 0 Å². The molecule has 1 heterocycles. The third-order valence-electron chi connectivity index (χ3n) is 11.5. The lowest BCUT2D eigenvalue weighted by Crippen LogP contribution is -2.52. The molecule has 1 saturated heterocycles. The van der Waals surface area contributed by atoms with Gasteiger partial charge in [0.1, 0.15) is 11.8 Å². The zero-order valence-electron chi connectivity index (χ0n) is 35.5. The minimum absolute atomic E-state index is 0.0257. The van der Waals surface area contributed by atoms with Crippen LogP contribution in [0.5, 0.6) is 5.75 Å². The molecule has 0 aliphatic carbocycles. The number of carbonyl (C=O) groups excluding carboxylic acids is 3. The van der Waals surface area contributed by atoms with Crippen molar-refractivity contribution in [2.75, 3.05) is 46.4 Å². The van der Waals surface area contributed by atoms with E-state index in [1.54, 1.807) is 7.11 Å². The molecule has 1 aliphatic rings. The number of nitrogens with zero attached hydrogens (tertiary/aromatic N) is 2. The Morgan fingerprint density at radius 2 is 1.41 bits per heavy atom. The van der Waals surface area contributed by atoms with Gasteiger partial charge < -0.3 is 24.6 Å². The highest BCUT2D eigenvalue weighted by Gasteiger charge is 2.30. The summed E-state index contributed by atoms with van der Waals surface area (Å²) in [6, 6.07) is 7.47. The van der Waals surface area contributed by atoms with Gasteiger partial charge in [-0.1, -0.05) is 130 Å². The number of likely N-dealkylation sites (tertiary alicyclic amines) is 1. The topological polar surface area (TPSA) is 88.2 Å². The van der Waals surface area contributed by atoms with Gasteiger partial charge in [0, 0.05) is 32.5 Å². The Bertz CT molecular complexity index is 1100. The minimum atomic E-state index is -0.491. The van der Waals surface area contributed by atoms with Gasteiger partial charge in [0.15, 0.2) is 0 Å². The Morgan fingerprint density at radius 1 is 0.796 bits per heavy atom. The van der Waals surface area contributed by atoms with E-state index in [2.05, 4.69) is 37.9 Å². The lowest BCUT2D eigenvalue weighted by atomic mass is 9.99. The van der Waals surface area contributed by atoms with Crippen molar-refractivity contribution in [2.24, 2.45) is 11.8 Å². The van der Waals surface area contributed by atoms with E-state index in [0.717, 1.165) is 75.4 Å². The monoisotopic (exact) mass is 756 g/mol. The lowest BCUT2D eigenvalue weighted by Gasteiger charge is -2.35. The van der Waals surface area contributed by atoms with E-state index in [1.165, 1.54) is 70.6 Å². The number of amides is 2. The Labute approximate surface area is 331 Å². The fourth-order valence-corrected chi connectivity index (χ4v) is 7.53. The molecule has 8 nitrogen and oxygen atoms in total. The van der Waals surface area contributed by atoms with Gasteiger partial charge in [0.2, 0.25) is 11.8 Å². The van der Waals surface area contributed by atoms with Crippen molar-refractivity contribution in [1.82, 2.24) is 15.1 Å². The first-order valence-corrected chi connectivity index (χ1v) is 22.4. The molecular formula is C46H81N3O5. The van der Waals surface area contributed by atoms with E-state index in [0.29, 0.717) is 64.1 Å². The van der Waals surface area contributed by atoms with Gasteiger partial charge in [-0.25, -0.2) is 0 Å². The Balaban J connectivity index is 2.02. The highest BCUT2D eigenvalue weighted by atomic mass is 16.5. The lowest BCUT2D eigenvalue weighted by molar-refractivity contribution is -0.145. The summed E-state index contributed by atoms with van der Waals surface area (Å²) in [5.74, 6) is 1.79. The average molecular weight is 756 g/mol. The maximum atomic E-state index is 14.1. The van der Waals surface area contributed by atoms with Crippen LogP contribution in [0.25, 0.3) is 0 Å². The minimum Gasteiger partial charge on any atom is -0.497 e. The first kappa shape index (κ1) is 47.5. The van der Waals surface area contributed by atoms with Crippen LogP contribution in [-0.2, 0) is 25.5 Å². The van der Waals surface area contributed by atoms with E-state index < -0.39 is 6.04 Å². The highest BCUT2D eigenvalue weighted by Crippen LogP contribution is 2.20. The molecule has 2 atom stereocenters. The zero-order chi connectivity index (χ0) is 39.2. The number of unbranched alkanes of at least 4 members (excludes halogenated alkanes) is 12. The third-order valence-corrected chi connectivity index (χ3v) is 11.5. The van der Waals surface area contributed by atoms with E-state index in [1.807, 2.05) is 29.2 Å². The SMILES string of the molecule is CCCCCCCCCCCCCC(C(=O)NCCc1ccc(OC)cc1)N(CCN1CCC(C)CC1)C(=O)CCCCC(=O)OCC(CC)CCCC. The quantitative estimate of drug-likeness (QED) is 0.0582. The van der Waals surface area contributed by atoms with Crippen molar-refractivity contribution >= 4 is 17.8 Å². The molecule has 2 amide bonds. The molecule has 1 aliphatic heterocycles. The summed E-state index contributed by atoms with van der Waals surface area (Å²) in [6.45, 7) is 13.4. The van der Waals surface area contributed by atoms with Crippen LogP contribution in [0.1, 0.15) is 175 Å². The summed E-state index contributed by atoms with van der Waals surface area (Å²) in [4.78, 5) is 45.0. The Hall–Kier alpha value is -2.61. The number of rotatable bonds is 32. The van der Waals surface area contributed by atoms with Crippen molar-refractivity contribution < 1.29 is 23.9 Å². The van der Waals surface area contributed by atoms with Gasteiger partial charge in [0.25, 0.3) is 0 Å². The summed E-state index contributed by atoms with van der Waals surface area (Å²) in [5, 5.41) is 3.21. The highest BCUT2D eigenvalue weighted by molar-refractivity contribution is 5.87. The molecule has 0 radical (unpaired) electrons. The molecule has 8 heteroatoms. The number of piperidine rings is 1. The molecule has 0 aromatic heterocycles. The number of benzene rings is 1. The average Bonchev–Trinajstić information content (AvgIpc) is 3.18. The summed E-state index contributed by atoms with van der Waals surface area (Å²) >= 11 is 0. The maximum absolute atomic E-state index is 14.1. The Kier molecular flexibility index (Phi) is 26.9. The molecule has 0 saturated carbocycles. The van der Waals surface area contributed by atoms with Crippen molar-refractivity contribution in [3.63, 3.8) is 0 Å². The van der Waals surface area contributed by atoms with Crippen molar-refractivity contribution in [2.45, 2.75) is 181 Å². The van der Waals surface area contributed by atoms with Gasteiger partial charge in [-0.3, -0.25) is 14.4 Å². The van der Waals surface area contributed by atoms with Crippen LogP contribution in [-0.4, -0.2) is 80.1 Å². The van der Waals surface area contributed by atoms with E-state index in [4.69, 9.17) is 9.47 Å². The fraction of sp³-hybridized carbons (Fsp3) is 0.804. The van der Waals surface area contributed by atoms with Gasteiger partial charge >= 0.3 is 5.97 Å². The number of nitrogens with one attached hydrogen (secondary N) is 1. The van der Waals surface area contributed by atoms with Crippen LogP contribution < -0.4 is 10.1 Å². The predicted octanol–water partition coefficient (Wildman–Crippen LogP) is 10.3. The van der Waals surface area contributed by atoms with E-state index in [9.17, 15) is 14.4 Å². The van der Waals surface area contributed by atoms with Crippen molar-refractivity contribution in [3.05, 3.63) is 29.8 Å². The normalized spacial score (nSPS) is 14.8. The van der Waals surface area contributed by atoms with Crippen LogP contribution >= 0.6 is 0 Å². The molecule has 1 aromatic rings. The van der Waals surface area contributed by atoms with E-state index in [-0.39, 0.29) is 17.8 Å². The summed E-state index contributed by atoms with van der Waals surface area (Å²) in [5.41, 5.74) is 1.13. The van der Waals surface area contributed by atoms with Crippen LogP contribution in [0.4, 0.5) is 0 Å². The summed E-state index contributed by atoms with van der Waals surface area (Å²) in [7, 11) is 1.66. The second-order valence-electron chi connectivity index (χ2n) is 16.1. The first-order chi connectivity index (χ1) is 26.3. The summed E-state index contributed by atoms with van der Waals surface area (Å²) in [6.07, 6.45) is 23.8. The fourth-order valence-electron chi connectivity index (χ4n) is 7.53. The molecule has 2 rings (SSSR count). The molecule has 54 heavy (non-hydrogen) atoms. The maximum Gasteiger partial charge on any atom is 0.305 e. The first-order valence-electron chi connectivity index (χ1n) is 22.4. The van der Waals surface area contributed by atoms with Gasteiger partial charge in [-0.05, 0) is 87.6 Å². The van der Waals surface area contributed by atoms with Crippen LogP contribution in [0.15, 0.2) is 24.3 Å². The zero-order valence-corrected chi connectivity index (χ0v) is 35.5. The molecule has 0 bridgehead atoms. The molecule has 1 fully saturated rings. The van der Waals surface area contributed by atoms with Gasteiger partial charge in [0.05, 0.1) is 13.7 Å². The van der Waals surface area contributed by atoms with Crippen LogP contribution in [0.3, 0.4) is 0 Å². The smallest absolute Gasteiger partial charge is 0.305 e. The number of ether oxygens (including phenoxy) is 2. The standard InChI is InChI=1S/C46H81N3O5/c1-6-9-11-12-13-14-15-16-17-18-19-23-43(46(52)47-33-30-41-26-28-42(53-5)29-27-41)49(37-36-48-34-31-39(4)32-35-48)44(50)24-20-21-25-45(51)54-38-40(8-3)22-10-7-2/h26-29,39-40,43H,6-25,30-38H2,1-5H3,(H,47,52). The molecule has 2 unspecified atom stereocenters. The largest absolute Gasteiger partial charge is 0.497 e. The molecule has 0 spiro atoms.